The molecule has 4 unspecified atom stereocenters. The van der Waals surface area contributed by atoms with E-state index in [4.69, 9.17) is 0 Å². The molecule has 1 saturated carbocycles. The standard InChI is InChI=1S/C41H54N4O8/c1-6-11-27(38(49)35(48)20-29(41(52)53)18-26-12-8-7-9-13-26)19-34(47)37-30-15-10-14-28(30)23-45(37)40(51)36(25(4)5)44-39(50)31(24(2)3)21-33(46)32-22-42-16-17-43-32/h7-9,12-13,16-17,22,24-25,27-31,36-37H,6,10-11,14-15,18-21,23H2,1-5H3,(H,44,50)(H,52,53)/t27?,28-,29?,30-,31+,36?,37?/m0/s1. The van der Waals surface area contributed by atoms with Gasteiger partial charge in [0.1, 0.15) is 11.7 Å². The normalized spacial score (nSPS) is 20.4. The molecule has 1 aromatic heterocycles. The fourth-order valence-corrected chi connectivity index (χ4v) is 8.01. The van der Waals surface area contributed by atoms with Gasteiger partial charge in [-0.15, -0.1) is 0 Å². The third-order valence-corrected chi connectivity index (χ3v) is 11.0. The predicted molar refractivity (Wildman–Crippen MR) is 196 cm³/mol. The zero-order valence-corrected chi connectivity index (χ0v) is 31.5. The van der Waals surface area contributed by atoms with E-state index < -0.39 is 59.7 Å². The maximum Gasteiger partial charge on any atom is 0.307 e. The molecule has 1 saturated heterocycles. The lowest BCUT2D eigenvalue weighted by molar-refractivity contribution is -0.147. The molecule has 2 aliphatic rings. The van der Waals surface area contributed by atoms with Crippen LogP contribution in [-0.4, -0.2) is 79.5 Å². The second-order valence-electron chi connectivity index (χ2n) is 15.5. The molecule has 2 fully saturated rings. The number of ketones is 4. The number of carbonyl (C=O) groups is 7. The number of nitrogens with zero attached hydrogens (tertiary/aromatic N) is 3. The lowest BCUT2D eigenvalue weighted by atomic mass is 9.83. The van der Waals surface area contributed by atoms with Gasteiger partial charge in [-0.3, -0.25) is 38.5 Å². The maximum atomic E-state index is 14.4. The van der Waals surface area contributed by atoms with Crippen LogP contribution in [0.4, 0.5) is 0 Å². The van der Waals surface area contributed by atoms with Gasteiger partial charge in [0.15, 0.2) is 17.3 Å². The van der Waals surface area contributed by atoms with Crippen LogP contribution in [-0.2, 0) is 35.2 Å². The first-order chi connectivity index (χ1) is 25.2. The Morgan fingerprint density at radius 2 is 1.62 bits per heavy atom. The third-order valence-electron chi connectivity index (χ3n) is 11.0. The van der Waals surface area contributed by atoms with Gasteiger partial charge in [-0.1, -0.05) is 77.8 Å². The highest BCUT2D eigenvalue weighted by Gasteiger charge is 2.51. The van der Waals surface area contributed by atoms with E-state index in [1.54, 1.807) is 29.2 Å². The number of Topliss-reactive ketones (excluding diaryl/α,β-unsaturated/α-hetero) is 4. The number of hydrogen-bond donors (Lipinski definition) is 2. The molecule has 0 bridgehead atoms. The van der Waals surface area contributed by atoms with Crippen LogP contribution < -0.4 is 5.32 Å². The van der Waals surface area contributed by atoms with Crippen molar-refractivity contribution in [2.75, 3.05) is 6.54 Å². The fraction of sp³-hybridized carbons (Fsp3) is 0.585. The summed E-state index contributed by atoms with van der Waals surface area (Å²) in [6, 6.07) is 7.14. The van der Waals surface area contributed by atoms with E-state index >= 15 is 0 Å². The van der Waals surface area contributed by atoms with Crippen molar-refractivity contribution < 1.29 is 38.7 Å². The molecule has 2 amide bonds. The number of aromatic nitrogens is 2. The average Bonchev–Trinajstić information content (AvgIpc) is 3.74. The van der Waals surface area contributed by atoms with E-state index in [2.05, 4.69) is 15.3 Å². The summed E-state index contributed by atoms with van der Waals surface area (Å²) in [4.78, 5) is 104. The van der Waals surface area contributed by atoms with E-state index in [-0.39, 0.29) is 72.5 Å². The Hall–Kier alpha value is -4.61. The molecule has 286 valence electrons. The van der Waals surface area contributed by atoms with Crippen molar-refractivity contribution in [1.29, 1.82) is 0 Å². The smallest absolute Gasteiger partial charge is 0.307 e. The Kier molecular flexibility index (Phi) is 14.7. The van der Waals surface area contributed by atoms with Crippen LogP contribution >= 0.6 is 0 Å². The van der Waals surface area contributed by atoms with Gasteiger partial charge in [-0.05, 0) is 54.9 Å². The van der Waals surface area contributed by atoms with Gasteiger partial charge in [0.05, 0.1) is 18.2 Å². The van der Waals surface area contributed by atoms with E-state index in [1.165, 1.54) is 18.6 Å². The minimum Gasteiger partial charge on any atom is -0.481 e. The van der Waals surface area contributed by atoms with Crippen molar-refractivity contribution >= 4 is 40.9 Å². The zero-order valence-electron chi connectivity index (χ0n) is 31.5. The SMILES string of the molecule is CCCC(CC(=O)C1[C@H]2CCC[C@H]2CN1C(=O)C(NC(=O)[C@H](CC(=O)c1cnccn1)C(C)C)C(C)C)C(=O)C(=O)CC(Cc1ccccc1)C(=O)O. The minimum absolute atomic E-state index is 0.0955. The van der Waals surface area contributed by atoms with Crippen LogP contribution in [0.5, 0.6) is 0 Å². The Balaban J connectivity index is 1.50. The molecule has 1 aliphatic heterocycles. The summed E-state index contributed by atoms with van der Waals surface area (Å²) in [5, 5.41) is 12.8. The Morgan fingerprint density at radius 3 is 2.23 bits per heavy atom. The topological polar surface area (TPSA) is 181 Å². The molecule has 1 aliphatic carbocycles. The van der Waals surface area contributed by atoms with Crippen molar-refractivity contribution in [3.63, 3.8) is 0 Å². The largest absolute Gasteiger partial charge is 0.481 e. The van der Waals surface area contributed by atoms with Crippen molar-refractivity contribution in [3.05, 3.63) is 60.2 Å². The van der Waals surface area contributed by atoms with Crippen molar-refractivity contribution in [3.8, 4) is 0 Å². The van der Waals surface area contributed by atoms with E-state index in [9.17, 15) is 38.7 Å². The van der Waals surface area contributed by atoms with Crippen LogP contribution in [0.1, 0.15) is 102 Å². The summed E-state index contributed by atoms with van der Waals surface area (Å²) in [5.74, 6) is -7.49. The number of nitrogens with one attached hydrogen (secondary N) is 1. The minimum atomic E-state index is -1.17. The fourth-order valence-electron chi connectivity index (χ4n) is 8.01. The van der Waals surface area contributed by atoms with Crippen LogP contribution in [0.25, 0.3) is 0 Å². The lowest BCUT2D eigenvalue weighted by Crippen LogP contribution is -2.56. The molecule has 0 radical (unpaired) electrons. The first-order valence-corrected chi connectivity index (χ1v) is 19.0. The Morgan fingerprint density at radius 1 is 0.906 bits per heavy atom. The number of amides is 2. The van der Waals surface area contributed by atoms with Crippen LogP contribution in [0.15, 0.2) is 48.9 Å². The summed E-state index contributed by atoms with van der Waals surface area (Å²) in [6.45, 7) is 9.50. The number of fused-ring (bicyclic) bond motifs is 1. The number of likely N-dealkylation sites (tertiary alicyclic amines) is 1. The quantitative estimate of drug-likeness (QED) is 0.140. The van der Waals surface area contributed by atoms with Crippen LogP contribution in [0.3, 0.4) is 0 Å². The first kappa shape index (κ1) is 41.2. The average molecular weight is 731 g/mol. The summed E-state index contributed by atoms with van der Waals surface area (Å²) in [7, 11) is 0. The number of rotatable bonds is 20. The second-order valence-corrected chi connectivity index (χ2v) is 15.5. The second kappa shape index (κ2) is 18.9. The molecular formula is C41H54N4O8. The number of carboxylic acid groups (broad SMARTS) is 1. The lowest BCUT2D eigenvalue weighted by Gasteiger charge is -2.33. The number of carbonyl (C=O) groups excluding carboxylic acids is 6. The van der Waals surface area contributed by atoms with Gasteiger partial charge in [-0.25, -0.2) is 4.98 Å². The maximum absolute atomic E-state index is 14.4. The van der Waals surface area contributed by atoms with Crippen molar-refractivity contribution in [2.24, 2.45) is 41.4 Å². The molecule has 12 heteroatoms. The van der Waals surface area contributed by atoms with Crippen molar-refractivity contribution in [1.82, 2.24) is 20.2 Å². The molecular weight excluding hydrogens is 676 g/mol. The van der Waals surface area contributed by atoms with Gasteiger partial charge in [0.25, 0.3) is 0 Å². The van der Waals surface area contributed by atoms with Crippen molar-refractivity contribution in [2.45, 2.75) is 104 Å². The summed E-state index contributed by atoms with van der Waals surface area (Å²) < 4.78 is 0. The highest BCUT2D eigenvalue weighted by Crippen LogP contribution is 2.43. The molecule has 2 heterocycles. The van der Waals surface area contributed by atoms with E-state index in [0.29, 0.717) is 13.0 Å². The Labute approximate surface area is 311 Å². The molecule has 1 aromatic carbocycles. The summed E-state index contributed by atoms with van der Waals surface area (Å²) in [6.07, 6.45) is 6.82. The molecule has 4 rings (SSSR count). The van der Waals surface area contributed by atoms with Gasteiger partial charge < -0.3 is 15.3 Å². The molecule has 0 spiro atoms. The molecule has 2 N–H and O–H groups in total. The molecule has 2 aromatic rings. The number of benzene rings is 1. The van der Waals surface area contributed by atoms with Gasteiger partial charge >= 0.3 is 5.97 Å². The highest BCUT2D eigenvalue weighted by molar-refractivity contribution is 6.38. The summed E-state index contributed by atoms with van der Waals surface area (Å²) in [5.41, 5.74) is 0.895. The monoisotopic (exact) mass is 730 g/mol. The third kappa shape index (κ3) is 10.5. The van der Waals surface area contributed by atoms with Gasteiger partial charge in [0, 0.05) is 50.0 Å². The number of carboxylic acids is 1. The summed E-state index contributed by atoms with van der Waals surface area (Å²) >= 11 is 0. The predicted octanol–water partition coefficient (Wildman–Crippen LogP) is 4.94. The molecule has 12 nitrogen and oxygen atoms in total. The number of hydrogen-bond acceptors (Lipinski definition) is 9. The van der Waals surface area contributed by atoms with Gasteiger partial charge in [0.2, 0.25) is 17.6 Å². The molecule has 53 heavy (non-hydrogen) atoms. The van der Waals surface area contributed by atoms with E-state index in [0.717, 1.165) is 24.8 Å². The molecule has 7 atom stereocenters. The van der Waals surface area contributed by atoms with Crippen LogP contribution in [0, 0.1) is 41.4 Å². The van der Waals surface area contributed by atoms with E-state index in [1.807, 2.05) is 40.7 Å². The van der Waals surface area contributed by atoms with Gasteiger partial charge in [-0.2, -0.15) is 0 Å². The highest BCUT2D eigenvalue weighted by atomic mass is 16.4. The number of aliphatic carboxylic acids is 1. The zero-order chi connectivity index (χ0) is 38.8. The first-order valence-electron chi connectivity index (χ1n) is 19.0. The Bertz CT molecular complexity index is 1630. The van der Waals surface area contributed by atoms with Crippen LogP contribution in [0.2, 0.25) is 0 Å².